The van der Waals surface area contributed by atoms with Crippen molar-refractivity contribution in [3.05, 3.63) is 253 Å². The molecule has 0 amide bonds. The van der Waals surface area contributed by atoms with Crippen LogP contribution in [0.2, 0.25) is 0 Å². The molecule has 0 aliphatic carbocycles. The molecule has 0 N–H and O–H groups in total. The normalized spacial score (nSPS) is 12.1. The minimum Gasteiger partial charge on any atom is -0.456 e. The Balaban J connectivity index is 0.792. The van der Waals surface area contributed by atoms with Crippen LogP contribution in [0, 0.1) is 0 Å². The number of thiophene rings is 2. The lowest BCUT2D eigenvalue weighted by atomic mass is 9.98. The first-order valence-electron chi connectivity index (χ1n) is 27.4. The van der Waals surface area contributed by atoms with Crippen molar-refractivity contribution in [3.8, 4) is 22.3 Å². The Morgan fingerprint density at radius 3 is 1.15 bits per heavy atom. The fourth-order valence-electron chi connectivity index (χ4n) is 12.9. The lowest BCUT2D eigenvalue weighted by molar-refractivity contribution is 0.667. The summed E-state index contributed by atoms with van der Waals surface area (Å²) in [5.74, 6) is 0. The van der Waals surface area contributed by atoms with Crippen LogP contribution in [0.25, 0.3) is 141 Å². The number of para-hydroxylation sites is 4. The maximum atomic E-state index is 6.97. The van der Waals surface area contributed by atoms with Crippen LogP contribution in [0.3, 0.4) is 0 Å². The molecule has 82 heavy (non-hydrogen) atoms. The zero-order chi connectivity index (χ0) is 53.6. The van der Waals surface area contributed by atoms with Crippen LogP contribution < -0.4 is 9.80 Å². The van der Waals surface area contributed by atoms with Crippen LogP contribution in [-0.4, -0.2) is 0 Å². The van der Waals surface area contributed by atoms with E-state index in [1.165, 1.54) is 20.2 Å². The molecule has 0 radical (unpaired) electrons. The van der Waals surface area contributed by atoms with Crippen molar-refractivity contribution in [1.82, 2.24) is 0 Å². The van der Waals surface area contributed by atoms with Crippen LogP contribution in [0.4, 0.5) is 34.1 Å². The summed E-state index contributed by atoms with van der Waals surface area (Å²) in [4.78, 5) is 4.70. The third-order valence-electron chi connectivity index (χ3n) is 16.6. The van der Waals surface area contributed by atoms with E-state index in [9.17, 15) is 0 Å². The second-order valence-electron chi connectivity index (χ2n) is 21.1. The predicted octanol–water partition coefficient (Wildman–Crippen LogP) is 23.1. The summed E-state index contributed by atoms with van der Waals surface area (Å²) < 4.78 is 30.0. The van der Waals surface area contributed by atoms with E-state index in [2.05, 4.69) is 239 Å². The lowest BCUT2D eigenvalue weighted by Crippen LogP contribution is -2.11. The van der Waals surface area contributed by atoms with Gasteiger partial charge in [-0.2, -0.15) is 0 Å². The monoisotopic (exact) mass is 1090 g/mol. The van der Waals surface area contributed by atoms with Gasteiger partial charge in [0.25, 0.3) is 0 Å². The van der Waals surface area contributed by atoms with Gasteiger partial charge >= 0.3 is 0 Å². The number of benzene rings is 12. The molecule has 6 nitrogen and oxygen atoms in total. The Labute approximate surface area is 475 Å². The van der Waals surface area contributed by atoms with Gasteiger partial charge in [-0.05, 0) is 142 Å². The summed E-state index contributed by atoms with van der Waals surface area (Å²) >= 11 is 3.52. The number of hydrogen-bond donors (Lipinski definition) is 0. The smallest absolute Gasteiger partial charge is 0.159 e. The molecule has 0 fully saturated rings. The Hall–Kier alpha value is -10.4. The summed E-state index contributed by atoms with van der Waals surface area (Å²) in [7, 11) is 0. The molecule has 18 rings (SSSR count). The lowest BCUT2D eigenvalue weighted by Gasteiger charge is -2.28. The average molecular weight is 1090 g/mol. The van der Waals surface area contributed by atoms with Crippen molar-refractivity contribution >= 4 is 175 Å². The second-order valence-corrected chi connectivity index (χ2v) is 23.0. The van der Waals surface area contributed by atoms with Gasteiger partial charge in [0.05, 0.1) is 34.1 Å². The zero-order valence-electron chi connectivity index (χ0n) is 43.6. The zero-order valence-corrected chi connectivity index (χ0v) is 45.2. The first-order valence-corrected chi connectivity index (χ1v) is 29.2. The standard InChI is InChI=1S/C74H42N2O4S2/c1-3-13-43(14-4-1)71-55-33-35-81-69(55)31-29-59(71)75(61-21-11-19-53-49-17-7-9-23-63(49)79-73(53)61)47-25-27-51-57-37-45-40-66-58(38-46(45)39-65(57)77-67(51)41-47)52-28-26-48(42-68(52)78-66)76(62-22-12-20-54-50-18-8-10-24-64(50)80-74(54)62)60-30-32-70-56(34-36-82-70)72(60)44-15-5-2-6-16-44/h1-42H. The average Bonchev–Trinajstić information content (AvgIpc) is 3.90. The van der Waals surface area contributed by atoms with Crippen LogP contribution in [0.15, 0.2) is 271 Å². The number of anilines is 6. The van der Waals surface area contributed by atoms with Gasteiger partial charge < -0.3 is 27.5 Å². The maximum absolute atomic E-state index is 6.97. The SMILES string of the molecule is c1ccc(-c2c(N(c3ccc4c(c3)oc3cc5cc6c(cc5cc34)oc3cc(N(c4ccc5sccc5c4-c4ccccc4)c4cccc5c4oc4ccccc45)ccc36)c3cccc4c3oc3ccccc34)ccc3sccc23)cc1. The molecule has 12 aromatic carbocycles. The van der Waals surface area contributed by atoms with Crippen molar-refractivity contribution in [2.24, 2.45) is 0 Å². The Bertz CT molecular complexity index is 5280. The highest BCUT2D eigenvalue weighted by atomic mass is 32.1. The van der Waals surface area contributed by atoms with Gasteiger partial charge in [-0.15, -0.1) is 22.7 Å². The quantitative estimate of drug-likeness (QED) is 0.151. The Kier molecular flexibility index (Phi) is 9.74. The fourth-order valence-corrected chi connectivity index (χ4v) is 14.5. The highest BCUT2D eigenvalue weighted by molar-refractivity contribution is 7.17. The Morgan fingerprint density at radius 2 is 0.671 bits per heavy atom. The Morgan fingerprint density at radius 1 is 0.256 bits per heavy atom. The topological polar surface area (TPSA) is 59.0 Å². The van der Waals surface area contributed by atoms with Gasteiger partial charge in [-0.1, -0.05) is 121 Å². The summed E-state index contributed by atoms with van der Waals surface area (Å²) in [6.07, 6.45) is 0. The number of nitrogens with zero attached hydrogens (tertiary/aromatic N) is 2. The molecule has 0 aliphatic rings. The van der Waals surface area contributed by atoms with E-state index in [4.69, 9.17) is 17.7 Å². The molecule has 0 atom stereocenters. The van der Waals surface area contributed by atoms with E-state index < -0.39 is 0 Å². The first kappa shape index (κ1) is 45.5. The molecule has 8 heteroatoms. The third-order valence-corrected chi connectivity index (χ3v) is 18.4. The fraction of sp³-hybridized carbons (Fsp3) is 0. The van der Waals surface area contributed by atoms with E-state index in [0.29, 0.717) is 0 Å². The second kappa shape index (κ2) is 17.6. The van der Waals surface area contributed by atoms with Crippen LogP contribution in [-0.2, 0) is 0 Å². The van der Waals surface area contributed by atoms with Crippen molar-refractivity contribution in [3.63, 3.8) is 0 Å². The van der Waals surface area contributed by atoms with Crippen molar-refractivity contribution in [2.75, 3.05) is 9.80 Å². The summed E-state index contributed by atoms with van der Waals surface area (Å²) in [6.45, 7) is 0. The number of furan rings is 4. The minimum absolute atomic E-state index is 0.792. The minimum atomic E-state index is 0.792. The van der Waals surface area contributed by atoms with E-state index in [1.807, 2.05) is 24.3 Å². The van der Waals surface area contributed by atoms with Crippen molar-refractivity contribution in [1.29, 1.82) is 0 Å². The molecular weight excluding hydrogens is 1040 g/mol. The third kappa shape index (κ3) is 6.80. The summed E-state index contributed by atoms with van der Waals surface area (Å²) in [6, 6.07) is 86.5. The molecule has 384 valence electrons. The molecule has 6 heterocycles. The molecule has 0 unspecified atom stereocenters. The van der Waals surface area contributed by atoms with Gasteiger partial charge in [0.1, 0.15) is 33.5 Å². The molecule has 0 saturated heterocycles. The summed E-state index contributed by atoms with van der Waals surface area (Å²) in [5.41, 5.74) is 17.0. The molecule has 0 aliphatic heterocycles. The van der Waals surface area contributed by atoms with Crippen molar-refractivity contribution < 1.29 is 17.7 Å². The highest BCUT2D eigenvalue weighted by Crippen LogP contribution is 2.52. The summed E-state index contributed by atoms with van der Waals surface area (Å²) in [5, 5.41) is 17.3. The predicted molar refractivity (Wildman–Crippen MR) is 344 cm³/mol. The maximum Gasteiger partial charge on any atom is 0.159 e. The van der Waals surface area contributed by atoms with E-state index in [1.54, 1.807) is 22.7 Å². The van der Waals surface area contributed by atoms with E-state index in [0.717, 1.165) is 155 Å². The number of fused-ring (bicyclic) bond motifs is 15. The molecule has 18 aromatic rings. The molecule has 6 aromatic heterocycles. The van der Waals surface area contributed by atoms with Crippen molar-refractivity contribution in [2.45, 2.75) is 0 Å². The van der Waals surface area contributed by atoms with Gasteiger partial charge in [0.15, 0.2) is 11.2 Å². The molecule has 0 spiro atoms. The van der Waals surface area contributed by atoms with Gasteiger partial charge in [-0.3, -0.25) is 0 Å². The molecule has 0 bridgehead atoms. The van der Waals surface area contributed by atoms with Gasteiger partial charge in [0.2, 0.25) is 0 Å². The first-order chi connectivity index (χ1) is 40.6. The van der Waals surface area contributed by atoms with Gasteiger partial charge in [0, 0.05) is 86.5 Å². The largest absolute Gasteiger partial charge is 0.456 e. The van der Waals surface area contributed by atoms with Crippen LogP contribution in [0.1, 0.15) is 0 Å². The van der Waals surface area contributed by atoms with E-state index in [-0.39, 0.29) is 0 Å². The van der Waals surface area contributed by atoms with E-state index >= 15 is 0 Å². The highest BCUT2D eigenvalue weighted by Gasteiger charge is 2.27. The number of hydrogen-bond acceptors (Lipinski definition) is 8. The molecular formula is C74H42N2O4S2. The molecule has 0 saturated carbocycles. The number of rotatable bonds is 8. The van der Waals surface area contributed by atoms with Crippen LogP contribution >= 0.6 is 22.7 Å². The van der Waals surface area contributed by atoms with Crippen LogP contribution in [0.5, 0.6) is 0 Å². The van der Waals surface area contributed by atoms with Gasteiger partial charge in [-0.25, -0.2) is 0 Å².